The second-order valence-electron chi connectivity index (χ2n) is 5.08. The molecule has 0 saturated heterocycles. The molecule has 0 saturated carbocycles. The molecule has 0 spiro atoms. The van der Waals surface area contributed by atoms with Crippen molar-refractivity contribution in [2.75, 3.05) is 26.7 Å². The Morgan fingerprint density at radius 1 is 1.47 bits per heavy atom. The van der Waals surface area contributed by atoms with Gasteiger partial charge in [0.05, 0.1) is 5.60 Å². The van der Waals surface area contributed by atoms with Crippen LogP contribution in [0.3, 0.4) is 0 Å². The fourth-order valence-electron chi connectivity index (χ4n) is 1.58. The summed E-state index contributed by atoms with van der Waals surface area (Å²) < 4.78 is 0. The van der Waals surface area contributed by atoms with Crippen LogP contribution in [0.25, 0.3) is 0 Å². The lowest BCUT2D eigenvalue weighted by Crippen LogP contribution is -2.35. The second kappa shape index (κ2) is 7.20. The topological polar surface area (TPSA) is 49.5 Å². The highest BCUT2D eigenvalue weighted by molar-refractivity contribution is 4.73. The van der Waals surface area contributed by atoms with Crippen LogP contribution in [-0.2, 0) is 0 Å². The van der Waals surface area contributed by atoms with Crippen molar-refractivity contribution >= 4 is 0 Å². The quantitative estimate of drug-likeness (QED) is 0.646. The van der Waals surface area contributed by atoms with Crippen LogP contribution in [-0.4, -0.2) is 42.3 Å². The molecule has 3 nitrogen and oxygen atoms in total. The number of hydrogen-bond donors (Lipinski definition) is 2. The molecule has 0 aliphatic rings. The highest BCUT2D eigenvalue weighted by Crippen LogP contribution is 2.11. The highest BCUT2D eigenvalue weighted by atomic mass is 16.3. The van der Waals surface area contributed by atoms with E-state index in [1.165, 1.54) is 6.42 Å². The first-order valence-electron chi connectivity index (χ1n) is 6.02. The minimum atomic E-state index is -0.683. The van der Waals surface area contributed by atoms with Gasteiger partial charge in [0, 0.05) is 13.1 Å². The summed E-state index contributed by atoms with van der Waals surface area (Å²) in [5, 5.41) is 9.72. The first kappa shape index (κ1) is 14.9. The lowest BCUT2D eigenvalue weighted by atomic mass is 10.0. The third-order valence-electron chi connectivity index (χ3n) is 3.02. The number of aliphatic hydroxyl groups is 1. The van der Waals surface area contributed by atoms with Gasteiger partial charge in [-0.25, -0.2) is 0 Å². The van der Waals surface area contributed by atoms with Crippen molar-refractivity contribution in [3.63, 3.8) is 0 Å². The third kappa shape index (κ3) is 7.77. The molecule has 0 aliphatic heterocycles. The summed E-state index contributed by atoms with van der Waals surface area (Å²) in [4.78, 5) is 2.33. The Labute approximate surface area is 94.6 Å². The van der Waals surface area contributed by atoms with Gasteiger partial charge in [0.2, 0.25) is 0 Å². The van der Waals surface area contributed by atoms with Gasteiger partial charge in [0.1, 0.15) is 0 Å². The van der Waals surface area contributed by atoms with Gasteiger partial charge in [0.25, 0.3) is 0 Å². The molecule has 0 fully saturated rings. The maximum Gasteiger partial charge on any atom is 0.0741 e. The average Bonchev–Trinajstić information content (AvgIpc) is 2.17. The molecule has 0 aromatic heterocycles. The minimum Gasteiger partial charge on any atom is -0.389 e. The van der Waals surface area contributed by atoms with Crippen LogP contribution in [0.1, 0.15) is 40.0 Å². The molecule has 0 rings (SSSR count). The highest BCUT2D eigenvalue weighted by Gasteiger charge is 2.17. The lowest BCUT2D eigenvalue weighted by molar-refractivity contribution is 0.0548. The molecule has 92 valence electrons. The zero-order chi connectivity index (χ0) is 11.9. The van der Waals surface area contributed by atoms with Crippen LogP contribution in [0.4, 0.5) is 0 Å². The Bertz CT molecular complexity index is 160. The molecule has 3 heteroatoms. The maximum absolute atomic E-state index is 9.72. The van der Waals surface area contributed by atoms with Gasteiger partial charge in [-0.3, -0.25) is 0 Å². The van der Waals surface area contributed by atoms with Crippen LogP contribution in [0.15, 0.2) is 0 Å². The molecule has 2 atom stereocenters. The Balaban J connectivity index is 3.59. The van der Waals surface area contributed by atoms with E-state index in [1.807, 2.05) is 6.92 Å². The number of nitrogens with zero attached hydrogens (tertiary/aromatic N) is 1. The minimum absolute atomic E-state index is 0.349. The van der Waals surface area contributed by atoms with E-state index >= 15 is 0 Å². The van der Waals surface area contributed by atoms with Gasteiger partial charge in [-0.05, 0) is 39.3 Å². The molecule has 0 aliphatic carbocycles. The molecular formula is C12H28N2O. The second-order valence-corrected chi connectivity index (χ2v) is 5.08. The van der Waals surface area contributed by atoms with Crippen molar-refractivity contribution in [1.29, 1.82) is 0 Å². The van der Waals surface area contributed by atoms with Gasteiger partial charge in [0.15, 0.2) is 0 Å². The van der Waals surface area contributed by atoms with Crippen molar-refractivity contribution in [2.24, 2.45) is 11.7 Å². The summed E-state index contributed by atoms with van der Waals surface area (Å²) in [6.45, 7) is 8.83. The molecule has 0 radical (unpaired) electrons. The molecule has 0 aromatic rings. The molecule has 0 amide bonds. The molecule has 0 aromatic carbocycles. The van der Waals surface area contributed by atoms with Gasteiger partial charge < -0.3 is 15.7 Å². The Morgan fingerprint density at radius 2 is 2.07 bits per heavy atom. The maximum atomic E-state index is 9.72. The summed E-state index contributed by atoms with van der Waals surface area (Å²) in [7, 11) is 2.14. The largest absolute Gasteiger partial charge is 0.389 e. The van der Waals surface area contributed by atoms with E-state index in [4.69, 9.17) is 5.73 Å². The van der Waals surface area contributed by atoms with Crippen molar-refractivity contribution in [3.05, 3.63) is 0 Å². The van der Waals surface area contributed by atoms with Crippen LogP contribution < -0.4 is 5.73 Å². The SMILES string of the molecule is CCC(C)CN(C)CCCC(C)(O)CN. The average molecular weight is 216 g/mol. The summed E-state index contributed by atoms with van der Waals surface area (Å²) >= 11 is 0. The van der Waals surface area contributed by atoms with Gasteiger partial charge in [-0.2, -0.15) is 0 Å². The predicted octanol–water partition coefficient (Wildman–Crippen LogP) is 1.45. The van der Waals surface area contributed by atoms with Crippen molar-refractivity contribution in [3.8, 4) is 0 Å². The smallest absolute Gasteiger partial charge is 0.0741 e. The summed E-state index contributed by atoms with van der Waals surface area (Å²) in [5.74, 6) is 0.755. The number of hydrogen-bond acceptors (Lipinski definition) is 3. The molecule has 3 N–H and O–H groups in total. The standard InChI is InChI=1S/C12H28N2O/c1-5-11(2)9-14(4)8-6-7-12(3,15)10-13/h11,15H,5-10,13H2,1-4H3. The zero-order valence-electron chi connectivity index (χ0n) is 10.8. The van der Waals surface area contributed by atoms with Crippen molar-refractivity contribution in [1.82, 2.24) is 4.90 Å². The van der Waals surface area contributed by atoms with Crippen LogP contribution in [0, 0.1) is 5.92 Å². The Hall–Kier alpha value is -0.120. The van der Waals surface area contributed by atoms with Crippen LogP contribution in [0.5, 0.6) is 0 Å². The lowest BCUT2D eigenvalue weighted by Gasteiger charge is -2.24. The molecule has 15 heavy (non-hydrogen) atoms. The van der Waals surface area contributed by atoms with Crippen molar-refractivity contribution < 1.29 is 5.11 Å². The molecule has 2 unspecified atom stereocenters. The van der Waals surface area contributed by atoms with E-state index in [2.05, 4.69) is 25.8 Å². The van der Waals surface area contributed by atoms with Gasteiger partial charge in [-0.1, -0.05) is 20.3 Å². The summed E-state index contributed by atoms with van der Waals surface area (Å²) in [6, 6.07) is 0. The van der Waals surface area contributed by atoms with Crippen molar-refractivity contribution in [2.45, 2.75) is 45.6 Å². The third-order valence-corrected chi connectivity index (χ3v) is 3.02. The van der Waals surface area contributed by atoms with E-state index in [0.29, 0.717) is 6.54 Å². The van der Waals surface area contributed by atoms with E-state index < -0.39 is 5.60 Å². The van der Waals surface area contributed by atoms with E-state index in [-0.39, 0.29) is 0 Å². The first-order valence-corrected chi connectivity index (χ1v) is 6.02. The number of nitrogens with two attached hydrogens (primary N) is 1. The number of rotatable bonds is 8. The molecular weight excluding hydrogens is 188 g/mol. The van der Waals surface area contributed by atoms with E-state index in [9.17, 15) is 5.11 Å². The fraction of sp³-hybridized carbons (Fsp3) is 1.00. The fourth-order valence-corrected chi connectivity index (χ4v) is 1.58. The molecule has 0 bridgehead atoms. The molecule has 0 heterocycles. The summed E-state index contributed by atoms with van der Waals surface area (Å²) in [6.07, 6.45) is 3.02. The van der Waals surface area contributed by atoms with Gasteiger partial charge in [-0.15, -0.1) is 0 Å². The summed E-state index contributed by atoms with van der Waals surface area (Å²) in [5.41, 5.74) is 4.78. The van der Waals surface area contributed by atoms with E-state index in [1.54, 1.807) is 0 Å². The Kier molecular flexibility index (Phi) is 7.14. The zero-order valence-corrected chi connectivity index (χ0v) is 10.8. The predicted molar refractivity (Wildman–Crippen MR) is 65.9 cm³/mol. The van der Waals surface area contributed by atoms with Crippen LogP contribution in [0.2, 0.25) is 0 Å². The monoisotopic (exact) mass is 216 g/mol. The first-order chi connectivity index (χ1) is 6.91. The van der Waals surface area contributed by atoms with Crippen LogP contribution >= 0.6 is 0 Å². The normalized spacial score (nSPS) is 17.8. The Morgan fingerprint density at radius 3 is 2.53 bits per heavy atom. The van der Waals surface area contributed by atoms with E-state index in [0.717, 1.165) is 31.8 Å². The van der Waals surface area contributed by atoms with Gasteiger partial charge >= 0.3 is 0 Å².